The van der Waals surface area contributed by atoms with Crippen LogP contribution in [0.25, 0.3) is 0 Å². The van der Waals surface area contributed by atoms with Crippen molar-refractivity contribution < 1.29 is 4.74 Å². The molecule has 2 aromatic rings. The first-order valence-corrected chi connectivity index (χ1v) is 7.07. The second kappa shape index (κ2) is 6.15. The summed E-state index contributed by atoms with van der Waals surface area (Å²) in [6.07, 6.45) is 4.63. The summed E-state index contributed by atoms with van der Waals surface area (Å²) in [5.74, 6) is 1.68. The Hall–Kier alpha value is -1.73. The highest BCUT2D eigenvalue weighted by atomic mass is 16.5. The fourth-order valence-corrected chi connectivity index (χ4v) is 2.35. The maximum atomic E-state index is 5.78. The summed E-state index contributed by atoms with van der Waals surface area (Å²) in [6.45, 7) is 6.42. The van der Waals surface area contributed by atoms with Crippen molar-refractivity contribution in [1.82, 2.24) is 29.9 Å². The number of nitrogens with zero attached hydrogens (tertiary/aromatic N) is 5. The van der Waals surface area contributed by atoms with Gasteiger partial charge in [0, 0.05) is 38.4 Å². The molecule has 1 aliphatic heterocycles. The highest BCUT2D eigenvalue weighted by Gasteiger charge is 2.24. The van der Waals surface area contributed by atoms with E-state index in [4.69, 9.17) is 4.74 Å². The lowest BCUT2D eigenvalue weighted by Crippen LogP contribution is -2.40. The summed E-state index contributed by atoms with van der Waals surface area (Å²) in [4.78, 5) is 6.83. The van der Waals surface area contributed by atoms with Gasteiger partial charge in [-0.05, 0) is 6.07 Å². The molecule has 1 aliphatic rings. The van der Waals surface area contributed by atoms with Crippen LogP contribution in [0.2, 0.25) is 0 Å². The minimum absolute atomic E-state index is 0.0297. The molecule has 0 amide bonds. The van der Waals surface area contributed by atoms with E-state index in [2.05, 4.69) is 32.1 Å². The van der Waals surface area contributed by atoms with E-state index in [0.29, 0.717) is 0 Å². The van der Waals surface area contributed by atoms with E-state index in [9.17, 15) is 0 Å². The molecule has 1 saturated heterocycles. The molecule has 7 nitrogen and oxygen atoms in total. The van der Waals surface area contributed by atoms with Gasteiger partial charge in [0.2, 0.25) is 0 Å². The van der Waals surface area contributed by atoms with Crippen LogP contribution in [0.4, 0.5) is 0 Å². The van der Waals surface area contributed by atoms with Crippen LogP contribution in [-0.2, 0) is 17.7 Å². The van der Waals surface area contributed by atoms with E-state index in [0.717, 1.165) is 50.9 Å². The number of H-pyrrole nitrogens is 1. The van der Waals surface area contributed by atoms with Gasteiger partial charge in [-0.1, -0.05) is 6.92 Å². The molecule has 0 radical (unpaired) electrons. The molecule has 0 spiro atoms. The van der Waals surface area contributed by atoms with Crippen LogP contribution in [0.3, 0.4) is 0 Å². The third-order valence-electron chi connectivity index (χ3n) is 3.53. The Morgan fingerprint density at radius 3 is 3.15 bits per heavy atom. The molecule has 20 heavy (non-hydrogen) atoms. The predicted molar refractivity (Wildman–Crippen MR) is 73.1 cm³/mol. The molecule has 0 aliphatic carbocycles. The topological polar surface area (TPSA) is 71.9 Å². The summed E-state index contributed by atoms with van der Waals surface area (Å²) >= 11 is 0. The second-order valence-electron chi connectivity index (χ2n) is 4.92. The number of aromatic nitrogens is 5. The normalized spacial score (nSPS) is 20.4. The van der Waals surface area contributed by atoms with Gasteiger partial charge in [0.1, 0.15) is 11.9 Å². The summed E-state index contributed by atoms with van der Waals surface area (Å²) in [5.41, 5.74) is 0. The second-order valence-corrected chi connectivity index (χ2v) is 4.92. The van der Waals surface area contributed by atoms with E-state index in [1.54, 1.807) is 0 Å². The number of aryl methyl sites for hydroxylation is 1. The highest BCUT2D eigenvalue weighted by molar-refractivity contribution is 4.96. The Morgan fingerprint density at radius 2 is 2.40 bits per heavy atom. The molecule has 0 aromatic carbocycles. The summed E-state index contributed by atoms with van der Waals surface area (Å²) in [5, 5.41) is 11.4. The van der Waals surface area contributed by atoms with Gasteiger partial charge in [-0.2, -0.15) is 10.2 Å². The molecule has 1 atom stereocenters. The van der Waals surface area contributed by atoms with Gasteiger partial charge in [0.25, 0.3) is 0 Å². The molecule has 1 fully saturated rings. The van der Waals surface area contributed by atoms with Gasteiger partial charge in [-0.25, -0.2) is 4.98 Å². The molecule has 1 unspecified atom stereocenters. The zero-order valence-electron chi connectivity index (χ0n) is 11.7. The zero-order chi connectivity index (χ0) is 13.8. The molecule has 0 saturated carbocycles. The smallest absolute Gasteiger partial charge is 0.180 e. The standard InChI is InChI=1S/C13H20N6O/c1-2-12-15-13(17-16-12)11-10-18(8-9-20-11)6-7-19-5-3-4-14-19/h3-5,11H,2,6-10H2,1H3,(H,15,16,17). The maximum absolute atomic E-state index is 5.78. The molecule has 3 heterocycles. The van der Waals surface area contributed by atoms with E-state index in [-0.39, 0.29) is 6.10 Å². The van der Waals surface area contributed by atoms with Gasteiger partial charge in [0.05, 0.1) is 13.2 Å². The first kappa shape index (κ1) is 13.3. The van der Waals surface area contributed by atoms with Crippen LogP contribution in [-0.4, -0.2) is 56.1 Å². The van der Waals surface area contributed by atoms with Crippen molar-refractivity contribution in [2.75, 3.05) is 26.2 Å². The van der Waals surface area contributed by atoms with Crippen molar-refractivity contribution in [3.63, 3.8) is 0 Å². The maximum Gasteiger partial charge on any atom is 0.180 e. The first-order valence-electron chi connectivity index (χ1n) is 7.07. The monoisotopic (exact) mass is 276 g/mol. The first-order chi connectivity index (χ1) is 9.85. The molecule has 7 heteroatoms. The van der Waals surface area contributed by atoms with Crippen molar-refractivity contribution in [3.8, 4) is 0 Å². The van der Waals surface area contributed by atoms with Crippen LogP contribution in [0.15, 0.2) is 18.5 Å². The lowest BCUT2D eigenvalue weighted by atomic mass is 10.2. The van der Waals surface area contributed by atoms with E-state index < -0.39 is 0 Å². The van der Waals surface area contributed by atoms with Gasteiger partial charge >= 0.3 is 0 Å². The van der Waals surface area contributed by atoms with Crippen molar-refractivity contribution >= 4 is 0 Å². The molecule has 1 N–H and O–H groups in total. The quantitative estimate of drug-likeness (QED) is 0.867. The van der Waals surface area contributed by atoms with Crippen LogP contribution >= 0.6 is 0 Å². The Morgan fingerprint density at radius 1 is 1.45 bits per heavy atom. The molecular formula is C13H20N6O. The highest BCUT2D eigenvalue weighted by Crippen LogP contribution is 2.18. The number of nitrogens with one attached hydrogen (secondary N) is 1. The Labute approximate surface area is 117 Å². The average Bonchev–Trinajstić information content (AvgIpc) is 3.16. The van der Waals surface area contributed by atoms with E-state index in [1.807, 2.05) is 23.1 Å². The molecule has 0 bridgehead atoms. The number of morpholine rings is 1. The number of ether oxygens (including phenoxy) is 1. The van der Waals surface area contributed by atoms with Crippen LogP contribution in [0.1, 0.15) is 24.7 Å². The molecule has 3 rings (SSSR count). The van der Waals surface area contributed by atoms with E-state index in [1.165, 1.54) is 0 Å². The minimum Gasteiger partial charge on any atom is -0.367 e. The SMILES string of the molecule is CCc1nc(C2CN(CCn3cccn3)CCO2)n[nH]1. The third-order valence-corrected chi connectivity index (χ3v) is 3.53. The van der Waals surface area contributed by atoms with Crippen molar-refractivity contribution in [3.05, 3.63) is 30.1 Å². The Bertz CT molecular complexity index is 523. The fourth-order valence-electron chi connectivity index (χ4n) is 2.35. The van der Waals surface area contributed by atoms with Crippen molar-refractivity contribution in [2.24, 2.45) is 0 Å². The number of rotatable bonds is 5. The van der Waals surface area contributed by atoms with Crippen LogP contribution < -0.4 is 0 Å². The van der Waals surface area contributed by atoms with Crippen molar-refractivity contribution in [2.45, 2.75) is 26.0 Å². The third kappa shape index (κ3) is 3.05. The fraction of sp³-hybridized carbons (Fsp3) is 0.615. The number of aromatic amines is 1. The minimum atomic E-state index is -0.0297. The lowest BCUT2D eigenvalue weighted by molar-refractivity contribution is -0.0352. The van der Waals surface area contributed by atoms with E-state index >= 15 is 0 Å². The van der Waals surface area contributed by atoms with Gasteiger partial charge < -0.3 is 4.74 Å². The van der Waals surface area contributed by atoms with Crippen molar-refractivity contribution in [1.29, 1.82) is 0 Å². The molecule has 2 aromatic heterocycles. The summed E-state index contributed by atoms with van der Waals surface area (Å²) < 4.78 is 7.73. The Balaban J connectivity index is 1.55. The van der Waals surface area contributed by atoms with Crippen LogP contribution in [0, 0.1) is 0 Å². The largest absolute Gasteiger partial charge is 0.367 e. The summed E-state index contributed by atoms with van der Waals surface area (Å²) in [7, 11) is 0. The molecule has 108 valence electrons. The lowest BCUT2D eigenvalue weighted by Gasteiger charge is -2.31. The Kier molecular flexibility index (Phi) is 4.08. The predicted octanol–water partition coefficient (Wildman–Crippen LogP) is 0.637. The number of hydrogen-bond donors (Lipinski definition) is 1. The van der Waals surface area contributed by atoms with Gasteiger partial charge in [0.15, 0.2) is 5.82 Å². The zero-order valence-corrected chi connectivity index (χ0v) is 11.7. The summed E-state index contributed by atoms with van der Waals surface area (Å²) in [6, 6.07) is 1.95. The number of hydrogen-bond acceptors (Lipinski definition) is 5. The van der Waals surface area contributed by atoms with Gasteiger partial charge in [-0.3, -0.25) is 14.7 Å². The van der Waals surface area contributed by atoms with Gasteiger partial charge in [-0.15, -0.1) is 0 Å². The van der Waals surface area contributed by atoms with Crippen LogP contribution in [0.5, 0.6) is 0 Å². The molecular weight excluding hydrogens is 256 g/mol. The average molecular weight is 276 g/mol.